The van der Waals surface area contributed by atoms with Crippen molar-refractivity contribution < 1.29 is 4.74 Å². The number of nitrogen functional groups attached to an aromatic ring is 1. The highest BCUT2D eigenvalue weighted by molar-refractivity contribution is 6.30. The number of hydrazine groups is 1. The first-order valence-electron chi connectivity index (χ1n) is 6.53. The predicted octanol–water partition coefficient (Wildman–Crippen LogP) is 3.32. The molecule has 0 saturated heterocycles. The molecule has 6 nitrogen and oxygen atoms in total. The lowest BCUT2D eigenvalue weighted by atomic mass is 10.2. The Labute approximate surface area is 132 Å². The molecule has 22 heavy (non-hydrogen) atoms. The van der Waals surface area contributed by atoms with Crippen LogP contribution in [0.2, 0.25) is 5.02 Å². The summed E-state index contributed by atoms with van der Waals surface area (Å²) in [6, 6.07) is 11.0. The molecular weight excluding hydrogens is 302 g/mol. The van der Waals surface area contributed by atoms with E-state index in [1.807, 2.05) is 30.3 Å². The number of fused-ring (bicyclic) bond motifs is 1. The van der Waals surface area contributed by atoms with Crippen molar-refractivity contribution in [2.24, 2.45) is 5.84 Å². The first kappa shape index (κ1) is 14.4. The minimum atomic E-state index is 0.613. The summed E-state index contributed by atoms with van der Waals surface area (Å²) in [5.74, 6) is 6.80. The third-order valence-electron chi connectivity index (χ3n) is 3.20. The van der Waals surface area contributed by atoms with Gasteiger partial charge in [0.1, 0.15) is 17.9 Å². The van der Waals surface area contributed by atoms with Crippen LogP contribution in [0, 0.1) is 0 Å². The fourth-order valence-corrected chi connectivity index (χ4v) is 2.36. The van der Waals surface area contributed by atoms with Crippen LogP contribution < -0.4 is 21.3 Å². The number of nitrogens with one attached hydrogen (secondary N) is 2. The summed E-state index contributed by atoms with van der Waals surface area (Å²) in [4.78, 5) is 8.55. The number of rotatable bonds is 4. The van der Waals surface area contributed by atoms with Crippen LogP contribution in [0.15, 0.2) is 42.7 Å². The van der Waals surface area contributed by atoms with Crippen molar-refractivity contribution in [3.05, 3.63) is 47.7 Å². The van der Waals surface area contributed by atoms with Crippen LogP contribution in [0.25, 0.3) is 10.9 Å². The first-order chi connectivity index (χ1) is 10.7. The molecule has 0 saturated carbocycles. The highest BCUT2D eigenvalue weighted by Gasteiger charge is 2.10. The zero-order chi connectivity index (χ0) is 15.5. The second-order valence-corrected chi connectivity index (χ2v) is 5.01. The van der Waals surface area contributed by atoms with Crippen LogP contribution in [0.5, 0.6) is 5.75 Å². The van der Waals surface area contributed by atoms with Gasteiger partial charge < -0.3 is 15.5 Å². The number of ether oxygens (including phenoxy) is 1. The Hall–Kier alpha value is -2.57. The molecule has 0 bridgehead atoms. The molecule has 0 amide bonds. The molecule has 0 unspecified atom stereocenters. The smallest absolute Gasteiger partial charge is 0.145 e. The topological polar surface area (TPSA) is 85.1 Å². The number of halogens is 1. The Kier molecular flexibility index (Phi) is 3.95. The molecule has 3 rings (SSSR count). The van der Waals surface area contributed by atoms with E-state index in [0.29, 0.717) is 22.3 Å². The summed E-state index contributed by atoms with van der Waals surface area (Å²) in [5, 5.41) is 4.70. The van der Waals surface area contributed by atoms with Gasteiger partial charge in [-0.2, -0.15) is 0 Å². The molecule has 0 aliphatic heterocycles. The normalized spacial score (nSPS) is 10.5. The zero-order valence-electron chi connectivity index (χ0n) is 11.8. The van der Waals surface area contributed by atoms with E-state index in [0.717, 1.165) is 16.6 Å². The van der Waals surface area contributed by atoms with Gasteiger partial charge >= 0.3 is 0 Å². The van der Waals surface area contributed by atoms with Crippen LogP contribution in [0.3, 0.4) is 0 Å². The van der Waals surface area contributed by atoms with E-state index >= 15 is 0 Å². The Balaban J connectivity index is 2.09. The number of aromatic nitrogens is 2. The van der Waals surface area contributed by atoms with Gasteiger partial charge in [0.05, 0.1) is 18.3 Å². The first-order valence-corrected chi connectivity index (χ1v) is 6.91. The van der Waals surface area contributed by atoms with Gasteiger partial charge in [0.25, 0.3) is 0 Å². The summed E-state index contributed by atoms with van der Waals surface area (Å²) in [6.45, 7) is 0. The number of methoxy groups -OCH3 is 1. The molecule has 3 aromatic rings. The standard InChI is InChI=1S/C15H14ClN5O/c1-22-14-7-12-11(6-13(14)21-17)15(19-8-18-12)20-10-4-2-3-9(16)5-10/h2-8,21H,17H2,1H3,(H,18,19,20). The molecule has 112 valence electrons. The van der Waals surface area contributed by atoms with Gasteiger partial charge in [-0.05, 0) is 24.3 Å². The maximum absolute atomic E-state index is 6.00. The average molecular weight is 316 g/mol. The molecule has 0 fully saturated rings. The summed E-state index contributed by atoms with van der Waals surface area (Å²) < 4.78 is 5.28. The van der Waals surface area contributed by atoms with Crippen LogP contribution in [0.1, 0.15) is 0 Å². The Morgan fingerprint density at radius 2 is 2.05 bits per heavy atom. The van der Waals surface area contributed by atoms with E-state index in [1.165, 1.54) is 6.33 Å². The fourth-order valence-electron chi connectivity index (χ4n) is 2.17. The van der Waals surface area contributed by atoms with E-state index in [2.05, 4.69) is 20.7 Å². The zero-order valence-corrected chi connectivity index (χ0v) is 12.6. The van der Waals surface area contributed by atoms with Crippen LogP contribution in [-0.2, 0) is 0 Å². The molecule has 1 aromatic heterocycles. The Morgan fingerprint density at radius 3 is 2.77 bits per heavy atom. The number of anilines is 3. The molecule has 0 aliphatic rings. The number of hydrogen-bond donors (Lipinski definition) is 3. The molecule has 7 heteroatoms. The molecular formula is C15H14ClN5O. The maximum atomic E-state index is 6.00. The predicted molar refractivity (Wildman–Crippen MR) is 88.6 cm³/mol. The average Bonchev–Trinajstić information content (AvgIpc) is 2.54. The lowest BCUT2D eigenvalue weighted by molar-refractivity contribution is 0.417. The Morgan fingerprint density at radius 1 is 1.18 bits per heavy atom. The quantitative estimate of drug-likeness (QED) is 0.506. The van der Waals surface area contributed by atoms with Gasteiger partial charge in [-0.3, -0.25) is 5.84 Å². The summed E-state index contributed by atoms with van der Waals surface area (Å²) >= 11 is 6.00. The highest BCUT2D eigenvalue weighted by atomic mass is 35.5. The fraction of sp³-hybridized carbons (Fsp3) is 0.0667. The van der Waals surface area contributed by atoms with Gasteiger partial charge in [0, 0.05) is 22.2 Å². The van der Waals surface area contributed by atoms with Gasteiger partial charge in [-0.15, -0.1) is 0 Å². The highest BCUT2D eigenvalue weighted by Crippen LogP contribution is 2.32. The van der Waals surface area contributed by atoms with Crippen molar-refractivity contribution in [3.8, 4) is 5.75 Å². The molecule has 0 spiro atoms. The summed E-state index contributed by atoms with van der Waals surface area (Å²) in [5.41, 5.74) is 4.85. The lowest BCUT2D eigenvalue weighted by Crippen LogP contribution is -2.08. The minimum absolute atomic E-state index is 0.613. The van der Waals surface area contributed by atoms with Crippen molar-refractivity contribution in [2.45, 2.75) is 0 Å². The third-order valence-corrected chi connectivity index (χ3v) is 3.43. The van der Waals surface area contributed by atoms with Crippen LogP contribution in [0.4, 0.5) is 17.2 Å². The minimum Gasteiger partial charge on any atom is -0.494 e. The number of nitrogens with zero attached hydrogens (tertiary/aromatic N) is 2. The second kappa shape index (κ2) is 6.05. The van der Waals surface area contributed by atoms with Gasteiger partial charge in [-0.1, -0.05) is 17.7 Å². The van der Waals surface area contributed by atoms with Crippen molar-refractivity contribution in [2.75, 3.05) is 17.9 Å². The van der Waals surface area contributed by atoms with Crippen LogP contribution in [-0.4, -0.2) is 17.1 Å². The Bertz CT molecular complexity index is 824. The lowest BCUT2D eigenvalue weighted by Gasteiger charge is -2.12. The molecule has 4 N–H and O–H groups in total. The van der Waals surface area contributed by atoms with Gasteiger partial charge in [-0.25, -0.2) is 9.97 Å². The number of hydrogen-bond acceptors (Lipinski definition) is 6. The molecule has 0 aliphatic carbocycles. The molecule has 0 radical (unpaired) electrons. The second-order valence-electron chi connectivity index (χ2n) is 4.57. The van der Waals surface area contributed by atoms with Crippen molar-refractivity contribution in [1.29, 1.82) is 0 Å². The molecule has 0 atom stereocenters. The monoisotopic (exact) mass is 315 g/mol. The molecule has 1 heterocycles. The molecule has 2 aromatic carbocycles. The summed E-state index contributed by atoms with van der Waals surface area (Å²) in [6.07, 6.45) is 1.49. The SMILES string of the molecule is COc1cc2ncnc(Nc3cccc(Cl)c3)c2cc1NN. The third kappa shape index (κ3) is 2.74. The maximum Gasteiger partial charge on any atom is 0.145 e. The van der Waals surface area contributed by atoms with Crippen molar-refractivity contribution in [3.63, 3.8) is 0 Å². The van der Waals surface area contributed by atoms with Gasteiger partial charge in [0.2, 0.25) is 0 Å². The summed E-state index contributed by atoms with van der Waals surface area (Å²) in [7, 11) is 1.58. The van der Waals surface area contributed by atoms with E-state index in [4.69, 9.17) is 22.2 Å². The van der Waals surface area contributed by atoms with E-state index < -0.39 is 0 Å². The number of nitrogens with two attached hydrogens (primary N) is 1. The van der Waals surface area contributed by atoms with E-state index in [-0.39, 0.29) is 0 Å². The van der Waals surface area contributed by atoms with Crippen molar-refractivity contribution in [1.82, 2.24) is 9.97 Å². The largest absolute Gasteiger partial charge is 0.494 e. The van der Waals surface area contributed by atoms with Gasteiger partial charge in [0.15, 0.2) is 0 Å². The van der Waals surface area contributed by atoms with E-state index in [9.17, 15) is 0 Å². The van der Waals surface area contributed by atoms with Crippen molar-refractivity contribution >= 4 is 39.7 Å². The van der Waals surface area contributed by atoms with Crippen LogP contribution >= 0.6 is 11.6 Å². The van der Waals surface area contributed by atoms with E-state index in [1.54, 1.807) is 13.2 Å². The number of benzene rings is 2.